The van der Waals surface area contributed by atoms with Crippen LogP contribution in [0, 0.1) is 0 Å². The van der Waals surface area contributed by atoms with Gasteiger partial charge in [0.2, 0.25) is 0 Å². The quantitative estimate of drug-likeness (QED) is 0.861. The molecule has 1 aliphatic heterocycles. The molecule has 0 radical (unpaired) electrons. The van der Waals surface area contributed by atoms with E-state index in [0.717, 1.165) is 35.0 Å². The first kappa shape index (κ1) is 11.9. The largest absolute Gasteiger partial charge is 0.324 e. The molecular formula is C10H14BrN3OS. The SMILES string of the molecule is CN(C(=O)N1CCNCC1)c1ccc(Br)s1. The number of carbonyl (C=O) groups excluding carboxylic acids is 1. The van der Waals surface area contributed by atoms with Crippen molar-refractivity contribution < 1.29 is 4.79 Å². The number of urea groups is 1. The van der Waals surface area contributed by atoms with Gasteiger partial charge in [-0.05, 0) is 28.1 Å². The number of halogens is 1. The summed E-state index contributed by atoms with van der Waals surface area (Å²) in [5.41, 5.74) is 0. The number of hydrogen-bond donors (Lipinski definition) is 1. The number of hydrogen-bond acceptors (Lipinski definition) is 3. The Morgan fingerprint density at radius 3 is 2.75 bits per heavy atom. The summed E-state index contributed by atoms with van der Waals surface area (Å²) in [6, 6.07) is 3.99. The Bertz CT molecular complexity index is 376. The number of piperazine rings is 1. The first-order valence-corrected chi connectivity index (χ1v) is 6.78. The van der Waals surface area contributed by atoms with E-state index in [0.29, 0.717) is 0 Å². The summed E-state index contributed by atoms with van der Waals surface area (Å²) in [6.45, 7) is 3.34. The van der Waals surface area contributed by atoms with Gasteiger partial charge in [0.15, 0.2) is 0 Å². The molecule has 16 heavy (non-hydrogen) atoms. The lowest BCUT2D eigenvalue weighted by Crippen LogP contribution is -2.50. The summed E-state index contributed by atoms with van der Waals surface area (Å²) in [4.78, 5) is 15.7. The lowest BCUT2D eigenvalue weighted by Gasteiger charge is -2.30. The fourth-order valence-corrected chi connectivity index (χ4v) is 2.96. The van der Waals surface area contributed by atoms with Crippen molar-refractivity contribution in [1.29, 1.82) is 0 Å². The molecule has 0 unspecified atom stereocenters. The molecule has 2 heterocycles. The third-order valence-electron chi connectivity index (χ3n) is 2.56. The zero-order chi connectivity index (χ0) is 11.5. The number of amides is 2. The number of rotatable bonds is 1. The van der Waals surface area contributed by atoms with Gasteiger partial charge < -0.3 is 10.2 Å². The molecule has 0 atom stereocenters. The van der Waals surface area contributed by atoms with E-state index in [-0.39, 0.29) is 6.03 Å². The number of thiophene rings is 1. The van der Waals surface area contributed by atoms with E-state index in [2.05, 4.69) is 21.2 Å². The summed E-state index contributed by atoms with van der Waals surface area (Å²) in [6.07, 6.45) is 0. The maximum absolute atomic E-state index is 12.1. The van der Waals surface area contributed by atoms with Gasteiger partial charge in [0.1, 0.15) is 0 Å². The van der Waals surface area contributed by atoms with Crippen molar-refractivity contribution in [2.75, 3.05) is 38.1 Å². The molecule has 1 aromatic rings. The molecule has 0 saturated carbocycles. The molecule has 6 heteroatoms. The molecule has 1 N–H and O–H groups in total. The van der Waals surface area contributed by atoms with E-state index < -0.39 is 0 Å². The van der Waals surface area contributed by atoms with Gasteiger partial charge >= 0.3 is 6.03 Å². The van der Waals surface area contributed by atoms with Gasteiger partial charge in [-0.25, -0.2) is 4.79 Å². The Morgan fingerprint density at radius 2 is 2.19 bits per heavy atom. The highest BCUT2D eigenvalue weighted by Crippen LogP contribution is 2.29. The summed E-state index contributed by atoms with van der Waals surface area (Å²) < 4.78 is 1.04. The predicted molar refractivity (Wildman–Crippen MR) is 70.3 cm³/mol. The minimum atomic E-state index is 0.0795. The van der Waals surface area contributed by atoms with Crippen molar-refractivity contribution in [2.24, 2.45) is 0 Å². The van der Waals surface area contributed by atoms with Crippen LogP contribution >= 0.6 is 27.3 Å². The molecule has 0 bridgehead atoms. The van der Waals surface area contributed by atoms with E-state index >= 15 is 0 Å². The highest BCUT2D eigenvalue weighted by molar-refractivity contribution is 9.11. The Hall–Kier alpha value is -0.590. The monoisotopic (exact) mass is 303 g/mol. The fourth-order valence-electron chi connectivity index (χ4n) is 1.65. The lowest BCUT2D eigenvalue weighted by atomic mass is 10.4. The summed E-state index contributed by atoms with van der Waals surface area (Å²) in [5.74, 6) is 0. The fraction of sp³-hybridized carbons (Fsp3) is 0.500. The zero-order valence-electron chi connectivity index (χ0n) is 9.07. The third-order valence-corrected chi connectivity index (χ3v) is 4.26. The number of carbonyl (C=O) groups is 1. The van der Waals surface area contributed by atoms with Crippen LogP contribution in [0.1, 0.15) is 0 Å². The van der Waals surface area contributed by atoms with Gasteiger partial charge in [-0.1, -0.05) is 0 Å². The molecule has 1 fully saturated rings. The second-order valence-electron chi connectivity index (χ2n) is 3.66. The minimum Gasteiger partial charge on any atom is -0.322 e. The Balaban J connectivity index is 2.03. The highest BCUT2D eigenvalue weighted by Gasteiger charge is 2.21. The van der Waals surface area contributed by atoms with Crippen molar-refractivity contribution in [3.63, 3.8) is 0 Å². The number of anilines is 1. The van der Waals surface area contributed by atoms with Gasteiger partial charge in [0, 0.05) is 33.2 Å². The van der Waals surface area contributed by atoms with Crippen LogP contribution in [0.4, 0.5) is 9.80 Å². The van der Waals surface area contributed by atoms with Crippen LogP contribution in [-0.4, -0.2) is 44.2 Å². The molecule has 0 aliphatic carbocycles. The van der Waals surface area contributed by atoms with Crippen LogP contribution in [0.2, 0.25) is 0 Å². The average molecular weight is 304 g/mol. The second-order valence-corrected chi connectivity index (χ2v) is 6.10. The number of nitrogens with zero attached hydrogens (tertiary/aromatic N) is 2. The highest BCUT2D eigenvalue weighted by atomic mass is 79.9. The van der Waals surface area contributed by atoms with Gasteiger partial charge in [-0.3, -0.25) is 4.90 Å². The maximum atomic E-state index is 12.1. The van der Waals surface area contributed by atoms with E-state index in [1.54, 1.807) is 16.2 Å². The van der Waals surface area contributed by atoms with Crippen molar-refractivity contribution in [1.82, 2.24) is 10.2 Å². The summed E-state index contributed by atoms with van der Waals surface area (Å²) >= 11 is 4.97. The standard InChI is InChI=1S/C10H14BrN3OS/c1-13(9-3-2-8(11)16-9)10(15)14-6-4-12-5-7-14/h2-3,12H,4-7H2,1H3. The van der Waals surface area contributed by atoms with Gasteiger partial charge in [-0.15, -0.1) is 11.3 Å². The van der Waals surface area contributed by atoms with Gasteiger partial charge in [0.25, 0.3) is 0 Å². The van der Waals surface area contributed by atoms with Crippen LogP contribution in [0.5, 0.6) is 0 Å². The van der Waals surface area contributed by atoms with Crippen molar-refractivity contribution in [3.8, 4) is 0 Å². The van der Waals surface area contributed by atoms with E-state index in [9.17, 15) is 4.79 Å². The second kappa shape index (κ2) is 5.16. The predicted octanol–water partition coefficient (Wildman–Crippen LogP) is 1.97. The first-order valence-electron chi connectivity index (χ1n) is 5.17. The molecule has 0 aromatic carbocycles. The average Bonchev–Trinajstić information content (AvgIpc) is 2.75. The molecule has 4 nitrogen and oxygen atoms in total. The molecule has 1 aromatic heterocycles. The summed E-state index contributed by atoms with van der Waals surface area (Å²) in [7, 11) is 1.82. The summed E-state index contributed by atoms with van der Waals surface area (Å²) in [5, 5.41) is 4.20. The molecular weight excluding hydrogens is 290 g/mol. The van der Waals surface area contributed by atoms with Crippen LogP contribution in [0.15, 0.2) is 15.9 Å². The van der Waals surface area contributed by atoms with Gasteiger partial charge in [0.05, 0.1) is 8.79 Å². The zero-order valence-corrected chi connectivity index (χ0v) is 11.5. The Labute approximate surface area is 107 Å². The Kier molecular flexibility index (Phi) is 3.83. The van der Waals surface area contributed by atoms with E-state index in [1.807, 2.05) is 24.1 Å². The number of nitrogens with one attached hydrogen (secondary N) is 1. The first-order chi connectivity index (χ1) is 7.68. The van der Waals surface area contributed by atoms with E-state index in [4.69, 9.17) is 0 Å². The maximum Gasteiger partial charge on any atom is 0.324 e. The van der Waals surface area contributed by atoms with Gasteiger partial charge in [-0.2, -0.15) is 0 Å². The lowest BCUT2D eigenvalue weighted by molar-refractivity contribution is 0.198. The third kappa shape index (κ3) is 2.56. The van der Waals surface area contributed by atoms with Crippen molar-refractivity contribution >= 4 is 38.3 Å². The topological polar surface area (TPSA) is 35.6 Å². The van der Waals surface area contributed by atoms with Crippen molar-refractivity contribution in [3.05, 3.63) is 15.9 Å². The normalized spacial score (nSPS) is 16.2. The Morgan fingerprint density at radius 1 is 1.50 bits per heavy atom. The molecule has 1 saturated heterocycles. The van der Waals surface area contributed by atoms with Crippen LogP contribution < -0.4 is 10.2 Å². The van der Waals surface area contributed by atoms with Crippen LogP contribution in [0.3, 0.4) is 0 Å². The molecule has 2 rings (SSSR count). The van der Waals surface area contributed by atoms with Crippen LogP contribution in [-0.2, 0) is 0 Å². The smallest absolute Gasteiger partial charge is 0.322 e. The molecule has 0 spiro atoms. The van der Waals surface area contributed by atoms with E-state index in [1.165, 1.54) is 0 Å². The molecule has 88 valence electrons. The molecule has 2 amide bonds. The minimum absolute atomic E-state index is 0.0795. The van der Waals surface area contributed by atoms with Crippen LogP contribution in [0.25, 0.3) is 0 Å². The van der Waals surface area contributed by atoms with Crippen molar-refractivity contribution in [2.45, 2.75) is 0 Å². The molecule has 1 aliphatic rings.